The molecule has 0 aromatic carbocycles. The van der Waals surface area contributed by atoms with Crippen molar-refractivity contribution in [3.8, 4) is 0 Å². The quantitative estimate of drug-likeness (QED) is 0.763. The first kappa shape index (κ1) is 14.9. The zero-order valence-electron chi connectivity index (χ0n) is 12.4. The highest BCUT2D eigenvalue weighted by Gasteiger charge is 2.24. The maximum Gasteiger partial charge on any atom is 0.0220 e. The summed E-state index contributed by atoms with van der Waals surface area (Å²) in [5.74, 6) is 0.768. The van der Waals surface area contributed by atoms with Crippen molar-refractivity contribution in [1.82, 2.24) is 15.1 Å². The predicted octanol–water partition coefficient (Wildman–Crippen LogP) is 1.65. The molecule has 102 valence electrons. The largest absolute Gasteiger partial charge is 0.313 e. The second-order valence-electron chi connectivity index (χ2n) is 5.64. The van der Waals surface area contributed by atoms with Gasteiger partial charge in [-0.25, -0.2) is 0 Å². The van der Waals surface area contributed by atoms with Crippen LogP contribution in [-0.4, -0.2) is 61.7 Å². The normalized spacial score (nSPS) is 27.0. The molecule has 1 N–H and O–H groups in total. The number of hydrogen-bond donors (Lipinski definition) is 1. The van der Waals surface area contributed by atoms with E-state index in [4.69, 9.17) is 0 Å². The summed E-state index contributed by atoms with van der Waals surface area (Å²) >= 11 is 0. The summed E-state index contributed by atoms with van der Waals surface area (Å²) in [5.41, 5.74) is 0. The van der Waals surface area contributed by atoms with Gasteiger partial charge in [-0.1, -0.05) is 27.2 Å². The van der Waals surface area contributed by atoms with Gasteiger partial charge in [-0.05, 0) is 26.4 Å². The Morgan fingerprint density at radius 1 is 1.29 bits per heavy atom. The van der Waals surface area contributed by atoms with Crippen LogP contribution in [0, 0.1) is 5.92 Å². The van der Waals surface area contributed by atoms with Crippen LogP contribution in [0.1, 0.15) is 34.1 Å². The molecule has 1 aliphatic rings. The van der Waals surface area contributed by atoms with Crippen LogP contribution in [0.15, 0.2) is 0 Å². The minimum Gasteiger partial charge on any atom is -0.313 e. The summed E-state index contributed by atoms with van der Waals surface area (Å²) in [6, 6.07) is 1.35. The average molecular weight is 241 g/mol. The number of nitrogens with one attached hydrogen (secondary N) is 1. The minimum atomic E-state index is 0.653. The Morgan fingerprint density at radius 3 is 2.53 bits per heavy atom. The topological polar surface area (TPSA) is 18.5 Å². The SMILES string of the molecule is CCNC(CN1CCN(C)C(C)C1)C(C)CC. The van der Waals surface area contributed by atoms with E-state index in [0.29, 0.717) is 12.1 Å². The van der Waals surface area contributed by atoms with Gasteiger partial charge in [-0.15, -0.1) is 0 Å². The molecule has 1 aliphatic heterocycles. The second kappa shape index (κ2) is 7.34. The van der Waals surface area contributed by atoms with Crippen LogP contribution in [0.4, 0.5) is 0 Å². The van der Waals surface area contributed by atoms with E-state index < -0.39 is 0 Å². The van der Waals surface area contributed by atoms with Gasteiger partial charge in [0.25, 0.3) is 0 Å². The van der Waals surface area contributed by atoms with E-state index in [0.717, 1.165) is 12.5 Å². The third kappa shape index (κ3) is 4.57. The first-order chi connectivity index (χ1) is 8.08. The Kier molecular flexibility index (Phi) is 6.45. The van der Waals surface area contributed by atoms with Crippen LogP contribution in [0.5, 0.6) is 0 Å². The van der Waals surface area contributed by atoms with Gasteiger partial charge in [0, 0.05) is 38.3 Å². The summed E-state index contributed by atoms with van der Waals surface area (Å²) in [6.45, 7) is 15.1. The Labute approximate surface area is 108 Å². The van der Waals surface area contributed by atoms with Gasteiger partial charge in [-0.3, -0.25) is 4.90 Å². The van der Waals surface area contributed by atoms with Gasteiger partial charge >= 0.3 is 0 Å². The monoisotopic (exact) mass is 241 g/mol. The first-order valence-corrected chi connectivity index (χ1v) is 7.24. The van der Waals surface area contributed by atoms with Crippen LogP contribution in [0.2, 0.25) is 0 Å². The molecule has 0 aromatic rings. The first-order valence-electron chi connectivity index (χ1n) is 7.24. The number of likely N-dealkylation sites (N-methyl/N-ethyl adjacent to an activating group) is 2. The molecular formula is C14H31N3. The molecule has 1 heterocycles. The van der Waals surface area contributed by atoms with E-state index in [1.807, 2.05) is 0 Å². The molecule has 3 nitrogen and oxygen atoms in total. The van der Waals surface area contributed by atoms with Gasteiger partial charge in [0.05, 0.1) is 0 Å². The predicted molar refractivity (Wildman–Crippen MR) is 75.5 cm³/mol. The third-order valence-corrected chi connectivity index (χ3v) is 4.30. The number of nitrogens with zero attached hydrogens (tertiary/aromatic N) is 2. The Hall–Kier alpha value is -0.120. The van der Waals surface area contributed by atoms with Gasteiger partial charge in [0.2, 0.25) is 0 Å². The second-order valence-corrected chi connectivity index (χ2v) is 5.64. The lowest BCUT2D eigenvalue weighted by Gasteiger charge is -2.40. The highest BCUT2D eigenvalue weighted by atomic mass is 15.3. The highest BCUT2D eigenvalue weighted by Crippen LogP contribution is 2.13. The van der Waals surface area contributed by atoms with Crippen LogP contribution in [0.3, 0.4) is 0 Å². The molecule has 0 radical (unpaired) electrons. The van der Waals surface area contributed by atoms with Crippen molar-refractivity contribution in [2.24, 2.45) is 5.92 Å². The van der Waals surface area contributed by atoms with Gasteiger partial charge in [-0.2, -0.15) is 0 Å². The highest BCUT2D eigenvalue weighted by molar-refractivity contribution is 4.82. The van der Waals surface area contributed by atoms with Gasteiger partial charge in [0.1, 0.15) is 0 Å². The molecule has 3 unspecified atom stereocenters. The molecule has 3 heteroatoms. The molecule has 0 bridgehead atoms. The van der Waals surface area contributed by atoms with E-state index >= 15 is 0 Å². The van der Waals surface area contributed by atoms with Crippen molar-refractivity contribution in [2.45, 2.75) is 46.2 Å². The average Bonchev–Trinajstić information content (AvgIpc) is 2.32. The lowest BCUT2D eigenvalue weighted by atomic mass is 9.98. The molecule has 1 saturated heterocycles. The standard InChI is InChI=1S/C14H31N3/c1-6-12(3)14(15-7-2)11-17-9-8-16(5)13(4)10-17/h12-15H,6-11H2,1-5H3. The molecule has 3 atom stereocenters. The smallest absolute Gasteiger partial charge is 0.0220 e. The van der Waals surface area contributed by atoms with E-state index in [9.17, 15) is 0 Å². The summed E-state index contributed by atoms with van der Waals surface area (Å²) in [6.07, 6.45) is 1.26. The molecule has 0 aliphatic carbocycles. The molecule has 0 aromatic heterocycles. The lowest BCUT2D eigenvalue weighted by Crippen LogP contribution is -2.54. The van der Waals surface area contributed by atoms with Gasteiger partial charge < -0.3 is 10.2 Å². The number of rotatable bonds is 6. The zero-order chi connectivity index (χ0) is 12.8. The lowest BCUT2D eigenvalue weighted by molar-refractivity contribution is 0.0905. The Balaban J connectivity index is 2.44. The summed E-state index contributed by atoms with van der Waals surface area (Å²) in [4.78, 5) is 5.09. The molecule has 0 spiro atoms. The van der Waals surface area contributed by atoms with E-state index in [-0.39, 0.29) is 0 Å². The third-order valence-electron chi connectivity index (χ3n) is 4.30. The van der Waals surface area contributed by atoms with Crippen molar-refractivity contribution in [3.05, 3.63) is 0 Å². The van der Waals surface area contributed by atoms with Gasteiger partial charge in [0.15, 0.2) is 0 Å². The maximum atomic E-state index is 3.65. The minimum absolute atomic E-state index is 0.653. The molecule has 1 fully saturated rings. The van der Waals surface area contributed by atoms with Crippen LogP contribution < -0.4 is 5.32 Å². The van der Waals surface area contributed by atoms with E-state index in [1.54, 1.807) is 0 Å². The zero-order valence-corrected chi connectivity index (χ0v) is 12.4. The summed E-state index contributed by atoms with van der Waals surface area (Å²) in [7, 11) is 2.23. The summed E-state index contributed by atoms with van der Waals surface area (Å²) < 4.78 is 0. The molecule has 0 amide bonds. The fourth-order valence-corrected chi connectivity index (χ4v) is 2.56. The van der Waals surface area contributed by atoms with Crippen LogP contribution in [-0.2, 0) is 0 Å². The van der Waals surface area contributed by atoms with E-state index in [2.05, 4.69) is 49.9 Å². The maximum absolute atomic E-state index is 3.65. The molecular weight excluding hydrogens is 210 g/mol. The van der Waals surface area contributed by atoms with E-state index in [1.165, 1.54) is 32.6 Å². The Morgan fingerprint density at radius 2 is 2.00 bits per heavy atom. The Bertz CT molecular complexity index is 208. The fourth-order valence-electron chi connectivity index (χ4n) is 2.56. The molecule has 1 rings (SSSR count). The molecule has 17 heavy (non-hydrogen) atoms. The summed E-state index contributed by atoms with van der Waals surface area (Å²) in [5, 5.41) is 3.65. The van der Waals surface area contributed by atoms with Crippen LogP contribution in [0.25, 0.3) is 0 Å². The van der Waals surface area contributed by atoms with Crippen molar-refractivity contribution in [2.75, 3.05) is 39.8 Å². The van der Waals surface area contributed by atoms with Crippen molar-refractivity contribution in [3.63, 3.8) is 0 Å². The fraction of sp³-hybridized carbons (Fsp3) is 1.00. The van der Waals surface area contributed by atoms with Crippen molar-refractivity contribution >= 4 is 0 Å². The number of hydrogen-bond acceptors (Lipinski definition) is 3. The van der Waals surface area contributed by atoms with Crippen molar-refractivity contribution in [1.29, 1.82) is 0 Å². The van der Waals surface area contributed by atoms with Crippen molar-refractivity contribution < 1.29 is 0 Å². The van der Waals surface area contributed by atoms with Crippen LogP contribution >= 0.6 is 0 Å². The number of piperazine rings is 1. The molecule has 0 saturated carbocycles.